The van der Waals surface area contributed by atoms with Gasteiger partial charge in [-0.2, -0.15) is 0 Å². The van der Waals surface area contributed by atoms with Gasteiger partial charge >= 0.3 is 14.5 Å². The van der Waals surface area contributed by atoms with Gasteiger partial charge in [0.05, 0.1) is 5.73 Å². The second-order valence-electron chi connectivity index (χ2n) is 1.56. The molecule has 0 aliphatic rings. The van der Waals surface area contributed by atoms with Gasteiger partial charge in [0.15, 0.2) is 0 Å². The van der Waals surface area contributed by atoms with E-state index < -0.39 is 7.05 Å². The summed E-state index contributed by atoms with van der Waals surface area (Å²) >= 11 is 0. The van der Waals surface area contributed by atoms with Crippen molar-refractivity contribution in [2.45, 2.75) is 6.82 Å². The molecule has 0 rings (SSSR count). The monoisotopic (exact) mass is 140 g/mol. The van der Waals surface area contributed by atoms with Crippen LogP contribution in [0.2, 0.25) is 6.82 Å². The lowest BCUT2D eigenvalue weighted by Crippen LogP contribution is -2.25. The van der Waals surface area contributed by atoms with Gasteiger partial charge in [0.2, 0.25) is 0 Å². The Hall–Kier alpha value is -0.970. The second kappa shape index (κ2) is 4.87. The summed E-state index contributed by atoms with van der Waals surface area (Å²) in [5.41, 5.74) is 5.22. The van der Waals surface area contributed by atoms with Gasteiger partial charge < -0.3 is 20.3 Å². The molecule has 0 aromatic heterocycles. The molecule has 5 nitrogen and oxygen atoms in total. The number of amidine groups is 1. The van der Waals surface area contributed by atoms with Crippen LogP contribution in [0.5, 0.6) is 0 Å². The minimum Gasteiger partial charge on any atom is -0.548 e. The number of hydrogen-bond donors (Lipinski definition) is 3. The molecule has 4 N–H and O–H groups in total. The summed E-state index contributed by atoms with van der Waals surface area (Å²) in [5.74, 6) is 0. The highest BCUT2D eigenvalue weighted by atomic mass is 16.4. The Bertz CT molecular complexity index is 138. The lowest BCUT2D eigenvalue weighted by Gasteiger charge is -1.96. The van der Waals surface area contributed by atoms with Gasteiger partial charge in [-0.1, -0.05) is 0 Å². The Kier molecular flexibility index (Phi) is 4.39. The molecule has 0 atom stereocenters. The van der Waals surface area contributed by atoms with Crippen molar-refractivity contribution in [2.24, 2.45) is 10.6 Å². The average molecular weight is 140 g/mol. The fourth-order valence-electron chi connectivity index (χ4n) is 0.350. The Labute approximate surface area is 60.2 Å². The summed E-state index contributed by atoms with van der Waals surface area (Å²) in [6.45, 7) is 1.46. The third kappa shape index (κ3) is 5.17. The Balaban J connectivity index is 3.59. The van der Waals surface area contributed by atoms with Crippen molar-refractivity contribution in [3.8, 4) is 0 Å². The first-order valence-electron chi connectivity index (χ1n) is 2.65. The van der Waals surface area contributed by atoms with E-state index in [2.05, 4.69) is 9.56 Å². The number of nitrogens with one attached hydrogen (secondary N) is 1. The fourth-order valence-corrected chi connectivity index (χ4v) is 0.350. The number of nitrogens with zero attached hydrogens (tertiary/aromatic N) is 1. The van der Waals surface area contributed by atoms with E-state index in [0.717, 1.165) is 7.48 Å². The van der Waals surface area contributed by atoms with Crippen LogP contribution in [0.25, 0.3) is 0 Å². The average Bonchev–Trinajstić information content (AvgIpc) is 1.82. The molecule has 0 aliphatic carbocycles. The molecule has 0 fully saturated rings. The zero-order valence-electron chi connectivity index (χ0n) is 5.61. The highest BCUT2D eigenvalue weighted by Gasteiger charge is 2.02. The van der Waals surface area contributed by atoms with Crippen LogP contribution in [0.15, 0.2) is 4.90 Å². The summed E-state index contributed by atoms with van der Waals surface area (Å²) in [5, 5.41) is 15.0. The minimum atomic E-state index is -0.842. The molecular weight excluding hydrogens is 132 g/mol. The first-order valence-corrected chi connectivity index (χ1v) is 2.65. The summed E-state index contributed by atoms with van der Waals surface area (Å²) in [6, 6.07) is 0. The molecule has 0 bridgehead atoms. The smallest absolute Gasteiger partial charge is 0.447 e. The molecular formula is C3H8B2N3O2. The summed E-state index contributed by atoms with van der Waals surface area (Å²) in [6.07, 6.45) is 0.713. The molecule has 0 amide bonds. The summed E-state index contributed by atoms with van der Waals surface area (Å²) < 4.78 is 4.35. The Morgan fingerprint density at radius 3 is 3.00 bits per heavy atom. The topological polar surface area (TPSA) is 91.7 Å². The number of nitrogens with two attached hydrogens (primary N) is 1. The number of rotatable bonds is 4. The number of hydrogen-bond acceptors (Lipinski definition) is 4. The normalized spacial score (nSPS) is 10.4. The van der Waals surface area contributed by atoms with Gasteiger partial charge in [0.1, 0.15) is 6.40 Å². The van der Waals surface area contributed by atoms with Crippen LogP contribution in [-0.4, -0.2) is 31.7 Å². The quantitative estimate of drug-likeness (QED) is 0.256. The molecule has 0 unspecified atom stereocenters. The largest absolute Gasteiger partial charge is 0.548 e. The van der Waals surface area contributed by atoms with Gasteiger partial charge in [0, 0.05) is 0 Å². The van der Waals surface area contributed by atoms with Crippen molar-refractivity contribution in [3.63, 3.8) is 0 Å². The van der Waals surface area contributed by atoms with Crippen LogP contribution >= 0.6 is 0 Å². The van der Waals surface area contributed by atoms with Gasteiger partial charge in [0.25, 0.3) is 0 Å². The fraction of sp³-hybridized carbons (Fsp3) is 0.333. The van der Waals surface area contributed by atoms with E-state index in [1.165, 1.54) is 6.82 Å². The van der Waals surface area contributed by atoms with Crippen LogP contribution in [0, 0.1) is 5.41 Å². The van der Waals surface area contributed by atoms with Gasteiger partial charge in [-0.15, -0.1) is 0 Å². The van der Waals surface area contributed by atoms with Gasteiger partial charge in [-0.3, -0.25) is 5.41 Å². The lowest BCUT2D eigenvalue weighted by atomic mass is 9.88. The standard InChI is InChI=1S/C3H8B2N3O2/c1-5(9)8-3(7)4-10-2-6/h2,6,9H,1H3,(H2,7,8). The molecule has 0 spiro atoms. The molecule has 1 radical (unpaired) electrons. The molecule has 0 aromatic carbocycles. The van der Waals surface area contributed by atoms with Gasteiger partial charge in [-0.25, -0.2) is 0 Å². The maximum atomic E-state index is 8.62. The van der Waals surface area contributed by atoms with E-state index in [0.29, 0.717) is 6.40 Å². The molecule has 0 saturated carbocycles. The van der Waals surface area contributed by atoms with Crippen molar-refractivity contribution >= 4 is 26.7 Å². The Morgan fingerprint density at radius 2 is 2.60 bits per heavy atom. The van der Waals surface area contributed by atoms with E-state index >= 15 is 0 Å². The molecule has 0 aliphatic heterocycles. The predicted molar refractivity (Wildman–Crippen MR) is 41.1 cm³/mol. The third-order valence-corrected chi connectivity index (χ3v) is 0.593. The molecule has 10 heavy (non-hydrogen) atoms. The zero-order valence-corrected chi connectivity index (χ0v) is 5.61. The highest BCUT2D eigenvalue weighted by Crippen LogP contribution is 1.75. The van der Waals surface area contributed by atoms with Crippen LogP contribution in [0.4, 0.5) is 0 Å². The van der Waals surface area contributed by atoms with E-state index in [1.807, 2.05) is 0 Å². The highest BCUT2D eigenvalue weighted by molar-refractivity contribution is 6.73. The SMILES string of the molecule is CB(O)N=C(N)[B]OC=N. The lowest BCUT2D eigenvalue weighted by molar-refractivity contribution is 0.581. The summed E-state index contributed by atoms with van der Waals surface area (Å²) in [4.78, 5) is 3.48. The van der Waals surface area contributed by atoms with Crippen molar-refractivity contribution in [1.29, 1.82) is 5.41 Å². The molecule has 53 valence electrons. The molecule has 0 aromatic rings. The van der Waals surface area contributed by atoms with Crippen LogP contribution < -0.4 is 5.73 Å². The first-order chi connectivity index (χ1) is 4.66. The first kappa shape index (κ1) is 9.03. The van der Waals surface area contributed by atoms with E-state index in [4.69, 9.17) is 16.2 Å². The van der Waals surface area contributed by atoms with Crippen molar-refractivity contribution < 1.29 is 9.68 Å². The van der Waals surface area contributed by atoms with Crippen molar-refractivity contribution in [3.05, 3.63) is 0 Å². The van der Waals surface area contributed by atoms with Crippen LogP contribution in [0.3, 0.4) is 0 Å². The van der Waals surface area contributed by atoms with Gasteiger partial charge in [-0.05, 0) is 6.82 Å². The maximum Gasteiger partial charge on any atom is 0.447 e. The predicted octanol–water partition coefficient (Wildman–Crippen LogP) is -1.35. The van der Waals surface area contributed by atoms with Crippen LogP contribution in [-0.2, 0) is 4.65 Å². The van der Waals surface area contributed by atoms with E-state index in [1.54, 1.807) is 0 Å². The maximum absolute atomic E-state index is 8.62. The van der Waals surface area contributed by atoms with Crippen LogP contribution in [0.1, 0.15) is 0 Å². The second-order valence-corrected chi connectivity index (χ2v) is 1.56. The Morgan fingerprint density at radius 1 is 2.00 bits per heavy atom. The van der Waals surface area contributed by atoms with E-state index in [9.17, 15) is 0 Å². The third-order valence-electron chi connectivity index (χ3n) is 0.593. The molecule has 7 heteroatoms. The molecule has 0 heterocycles. The minimum absolute atomic E-state index is 0.0542. The van der Waals surface area contributed by atoms with Crippen molar-refractivity contribution in [1.82, 2.24) is 0 Å². The zero-order chi connectivity index (χ0) is 7.98. The molecule has 0 saturated heterocycles. The van der Waals surface area contributed by atoms with E-state index in [-0.39, 0.29) is 5.73 Å². The summed E-state index contributed by atoms with van der Waals surface area (Å²) in [7, 11) is 0.227. The van der Waals surface area contributed by atoms with Crippen molar-refractivity contribution in [2.75, 3.05) is 0 Å².